The van der Waals surface area contributed by atoms with Gasteiger partial charge in [0.05, 0.1) is 16.7 Å². The van der Waals surface area contributed by atoms with Gasteiger partial charge in [0, 0.05) is 9.79 Å². The van der Waals surface area contributed by atoms with Crippen molar-refractivity contribution in [2.45, 2.75) is 9.79 Å². The van der Waals surface area contributed by atoms with Crippen LogP contribution in [0.1, 0.15) is 31.1 Å². The number of hydrogen-bond acceptors (Lipinski definition) is 5. The van der Waals surface area contributed by atoms with E-state index in [1.807, 2.05) is 0 Å². The summed E-state index contributed by atoms with van der Waals surface area (Å²) in [7, 11) is 2.31. The molecule has 0 saturated heterocycles. The maximum Gasteiger partial charge on any atom is 0.336 e. The van der Waals surface area contributed by atoms with Gasteiger partial charge in [-0.15, -0.1) is 0 Å². The first-order valence-electron chi connectivity index (χ1n) is 6.17. The Morgan fingerprint density at radius 2 is 1.39 bits per heavy atom. The largest absolute Gasteiger partial charge is 0.478 e. The average Bonchev–Trinajstić information content (AvgIpc) is 2.52. The summed E-state index contributed by atoms with van der Waals surface area (Å²) in [5.74, 6) is -3.48. The fourth-order valence-corrected chi connectivity index (χ4v) is 3.84. The lowest BCUT2D eigenvalue weighted by molar-refractivity contribution is 0.0680. The fraction of sp³-hybridized carbons (Fsp3) is 0. The minimum Gasteiger partial charge on any atom is -0.478 e. The predicted molar refractivity (Wildman–Crippen MR) is 85.5 cm³/mol. The van der Waals surface area contributed by atoms with E-state index < -0.39 is 17.9 Å². The summed E-state index contributed by atoms with van der Waals surface area (Å²) in [5.41, 5.74) is -0.0864. The Morgan fingerprint density at radius 1 is 0.739 bits per heavy atom. The van der Waals surface area contributed by atoms with Crippen LogP contribution in [0.25, 0.3) is 0 Å². The summed E-state index contributed by atoms with van der Waals surface area (Å²) < 4.78 is 0. The van der Waals surface area contributed by atoms with Gasteiger partial charge in [-0.1, -0.05) is 27.7 Å². The highest BCUT2D eigenvalue weighted by Gasteiger charge is 2.15. The maximum absolute atomic E-state index is 11.3. The van der Waals surface area contributed by atoms with E-state index in [1.165, 1.54) is 35.1 Å². The van der Waals surface area contributed by atoms with Crippen LogP contribution in [0.4, 0.5) is 0 Å². The Bertz CT molecular complexity index is 787. The quantitative estimate of drug-likeness (QED) is 0.678. The van der Waals surface area contributed by atoms with Crippen molar-refractivity contribution >= 4 is 39.5 Å². The van der Waals surface area contributed by atoms with E-state index in [-0.39, 0.29) is 16.7 Å². The van der Waals surface area contributed by atoms with Crippen molar-refractivity contribution in [1.29, 1.82) is 0 Å². The van der Waals surface area contributed by atoms with Crippen LogP contribution < -0.4 is 0 Å². The van der Waals surface area contributed by atoms with Gasteiger partial charge in [0.2, 0.25) is 0 Å². The van der Waals surface area contributed by atoms with E-state index in [2.05, 4.69) is 0 Å². The lowest BCUT2D eigenvalue weighted by Gasteiger charge is -2.07. The molecule has 0 aliphatic rings. The van der Waals surface area contributed by atoms with Crippen LogP contribution in [-0.4, -0.2) is 33.2 Å². The normalized spacial score (nSPS) is 10.3. The second-order valence-corrected chi connectivity index (χ2v) is 6.57. The second kappa shape index (κ2) is 7.21. The van der Waals surface area contributed by atoms with Crippen LogP contribution in [0.15, 0.2) is 52.3 Å². The third kappa shape index (κ3) is 4.27. The molecule has 0 aliphatic heterocycles. The zero-order valence-electron chi connectivity index (χ0n) is 11.4. The first-order valence-corrected chi connectivity index (χ1v) is 8.32. The molecule has 8 heteroatoms. The summed E-state index contributed by atoms with van der Waals surface area (Å²) in [6.07, 6.45) is 0. The lowest BCUT2D eigenvalue weighted by Crippen LogP contribution is -2.03. The molecule has 0 aromatic heterocycles. The molecule has 0 atom stereocenters. The molecule has 0 radical (unpaired) electrons. The molecule has 3 N–H and O–H groups in total. The molecule has 0 aliphatic carbocycles. The molecule has 0 heterocycles. The number of hydrogen-bond donors (Lipinski definition) is 3. The van der Waals surface area contributed by atoms with Gasteiger partial charge >= 0.3 is 17.9 Å². The third-order valence-electron chi connectivity index (χ3n) is 2.77. The Kier molecular flexibility index (Phi) is 5.30. The molecular formula is C15H10O6S2. The standard InChI is InChI=1S/C15H10O6S2/c16-13(17)8-2-1-3-10(6-8)22-23-12-5-4-9(14(18)19)7-11(12)15(20)21/h1-7H,(H,16,17)(H,18,19)(H,20,21). The highest BCUT2D eigenvalue weighted by atomic mass is 33.1. The maximum atomic E-state index is 11.3. The van der Waals surface area contributed by atoms with Crippen LogP contribution in [0.5, 0.6) is 0 Å². The van der Waals surface area contributed by atoms with Gasteiger partial charge in [-0.2, -0.15) is 0 Å². The predicted octanol–water partition coefficient (Wildman–Crippen LogP) is 3.58. The van der Waals surface area contributed by atoms with Gasteiger partial charge < -0.3 is 15.3 Å². The van der Waals surface area contributed by atoms with Crippen molar-refractivity contribution < 1.29 is 29.7 Å². The van der Waals surface area contributed by atoms with Gasteiger partial charge in [-0.25, -0.2) is 14.4 Å². The average molecular weight is 350 g/mol. The van der Waals surface area contributed by atoms with Crippen LogP contribution in [-0.2, 0) is 0 Å². The smallest absolute Gasteiger partial charge is 0.336 e. The first-order chi connectivity index (χ1) is 10.9. The number of carboxylic acids is 3. The fourth-order valence-electron chi connectivity index (χ4n) is 1.68. The monoisotopic (exact) mass is 350 g/mol. The summed E-state index contributed by atoms with van der Waals surface area (Å²) in [5, 5.41) is 27.0. The van der Waals surface area contributed by atoms with Gasteiger partial charge in [0.25, 0.3) is 0 Å². The highest BCUT2D eigenvalue weighted by Crippen LogP contribution is 2.39. The summed E-state index contributed by atoms with van der Waals surface area (Å²) in [6, 6.07) is 10.1. The topological polar surface area (TPSA) is 112 Å². The van der Waals surface area contributed by atoms with Crippen molar-refractivity contribution in [3.8, 4) is 0 Å². The van der Waals surface area contributed by atoms with E-state index in [0.717, 1.165) is 16.9 Å². The third-order valence-corrected chi connectivity index (χ3v) is 5.20. The van der Waals surface area contributed by atoms with E-state index in [4.69, 9.17) is 10.2 Å². The van der Waals surface area contributed by atoms with E-state index in [1.54, 1.807) is 12.1 Å². The molecule has 118 valence electrons. The van der Waals surface area contributed by atoms with Gasteiger partial charge in [0.15, 0.2) is 0 Å². The number of benzene rings is 2. The molecule has 2 rings (SSSR count). The number of carbonyl (C=O) groups is 3. The van der Waals surface area contributed by atoms with Gasteiger partial charge in [0.1, 0.15) is 0 Å². The highest BCUT2D eigenvalue weighted by molar-refractivity contribution is 8.76. The number of rotatable bonds is 6. The SMILES string of the molecule is O=C(O)c1cccc(SSc2ccc(C(=O)O)cc2C(=O)O)c1. The Hall–Kier alpha value is -2.45. The molecule has 0 fully saturated rings. The van der Waals surface area contributed by atoms with E-state index in [9.17, 15) is 19.5 Å². The molecule has 6 nitrogen and oxygen atoms in total. The molecule has 0 spiro atoms. The van der Waals surface area contributed by atoms with E-state index >= 15 is 0 Å². The van der Waals surface area contributed by atoms with Crippen molar-refractivity contribution in [2.75, 3.05) is 0 Å². The number of aromatic carboxylic acids is 3. The van der Waals surface area contributed by atoms with Crippen molar-refractivity contribution in [3.63, 3.8) is 0 Å². The Balaban J connectivity index is 2.23. The van der Waals surface area contributed by atoms with Crippen LogP contribution in [0.2, 0.25) is 0 Å². The zero-order valence-corrected chi connectivity index (χ0v) is 13.1. The summed E-state index contributed by atoms with van der Waals surface area (Å²) in [6.45, 7) is 0. The van der Waals surface area contributed by atoms with Gasteiger partial charge in [-0.3, -0.25) is 0 Å². The van der Waals surface area contributed by atoms with Crippen molar-refractivity contribution in [2.24, 2.45) is 0 Å². The molecule has 0 saturated carbocycles. The Morgan fingerprint density at radius 3 is 2.00 bits per heavy atom. The van der Waals surface area contributed by atoms with Crippen LogP contribution in [0.3, 0.4) is 0 Å². The summed E-state index contributed by atoms with van der Waals surface area (Å²) in [4.78, 5) is 34.1. The molecule has 2 aromatic carbocycles. The van der Waals surface area contributed by atoms with Crippen LogP contribution >= 0.6 is 21.6 Å². The minimum absolute atomic E-state index is 0.107. The lowest BCUT2D eigenvalue weighted by atomic mass is 10.1. The molecular weight excluding hydrogens is 340 g/mol. The zero-order chi connectivity index (χ0) is 17.0. The Labute approximate surface area is 138 Å². The molecule has 23 heavy (non-hydrogen) atoms. The van der Waals surface area contributed by atoms with Crippen LogP contribution in [0, 0.1) is 0 Å². The number of carboxylic acid groups (broad SMARTS) is 3. The minimum atomic E-state index is -1.23. The van der Waals surface area contributed by atoms with Crippen molar-refractivity contribution in [1.82, 2.24) is 0 Å². The van der Waals surface area contributed by atoms with E-state index in [0.29, 0.717) is 9.79 Å². The van der Waals surface area contributed by atoms with Crippen molar-refractivity contribution in [3.05, 3.63) is 59.2 Å². The second-order valence-electron chi connectivity index (χ2n) is 4.32. The molecule has 0 unspecified atom stereocenters. The molecule has 0 bridgehead atoms. The molecule has 0 amide bonds. The molecule has 2 aromatic rings. The van der Waals surface area contributed by atoms with Gasteiger partial charge in [-0.05, 0) is 36.4 Å². The first kappa shape index (κ1) is 16.9. The summed E-state index contributed by atoms with van der Waals surface area (Å²) >= 11 is 0.